The highest BCUT2D eigenvalue weighted by Gasteiger charge is 2.17. The third kappa shape index (κ3) is 3.13. The van der Waals surface area contributed by atoms with Crippen molar-refractivity contribution in [2.24, 2.45) is 7.05 Å². The minimum atomic E-state index is -0.0589. The van der Waals surface area contributed by atoms with Crippen LogP contribution in [0.2, 0.25) is 0 Å². The molecule has 0 bridgehead atoms. The largest absolute Gasteiger partial charge is 0.497 e. The fraction of sp³-hybridized carbons (Fsp3) is 0.286. The second-order valence-electron chi connectivity index (χ2n) is 4.47. The number of hydrogen-bond acceptors (Lipinski definition) is 2. The number of carbonyl (C=O) groups excluding carboxylic acids is 1. The molecule has 2 aromatic rings. The molecule has 5 nitrogen and oxygen atoms in total. The van der Waals surface area contributed by atoms with Gasteiger partial charge in [-0.05, 0) is 17.7 Å². The van der Waals surface area contributed by atoms with E-state index in [9.17, 15) is 4.79 Å². The molecule has 0 aliphatic rings. The smallest absolute Gasteiger partial charge is 0.415 e. The molecule has 0 atom stereocenters. The lowest BCUT2D eigenvalue weighted by molar-refractivity contribution is -0.670. The molecule has 19 heavy (non-hydrogen) atoms. The molecular formula is C14H18N3O2+. The Morgan fingerprint density at radius 1 is 1.37 bits per heavy atom. The first-order chi connectivity index (χ1) is 9.10. The highest BCUT2D eigenvalue weighted by atomic mass is 16.5. The summed E-state index contributed by atoms with van der Waals surface area (Å²) in [5, 5.41) is 0. The molecule has 0 spiro atoms. The van der Waals surface area contributed by atoms with Crippen LogP contribution in [0.3, 0.4) is 0 Å². The van der Waals surface area contributed by atoms with Gasteiger partial charge in [0.05, 0.1) is 14.2 Å². The van der Waals surface area contributed by atoms with E-state index in [1.165, 1.54) is 0 Å². The van der Waals surface area contributed by atoms with E-state index >= 15 is 0 Å². The zero-order chi connectivity index (χ0) is 13.8. The maximum absolute atomic E-state index is 12.1. The minimum absolute atomic E-state index is 0.0589. The first-order valence-electron chi connectivity index (χ1n) is 6.02. The van der Waals surface area contributed by atoms with Crippen LogP contribution in [0.1, 0.15) is 5.56 Å². The van der Waals surface area contributed by atoms with Crippen LogP contribution in [-0.2, 0) is 13.6 Å². The molecule has 0 fully saturated rings. The third-order valence-corrected chi connectivity index (χ3v) is 2.90. The van der Waals surface area contributed by atoms with Crippen molar-refractivity contribution in [1.29, 1.82) is 0 Å². The number of aryl methyl sites for hydroxylation is 1. The number of hydrogen-bond donors (Lipinski definition) is 0. The Morgan fingerprint density at radius 2 is 2.05 bits per heavy atom. The van der Waals surface area contributed by atoms with Gasteiger partial charge in [-0.3, -0.25) is 0 Å². The van der Waals surface area contributed by atoms with Gasteiger partial charge in [0.25, 0.3) is 6.33 Å². The number of imidazole rings is 1. The molecule has 2 rings (SSSR count). The lowest BCUT2D eigenvalue weighted by Crippen LogP contribution is -2.32. The zero-order valence-electron chi connectivity index (χ0n) is 11.4. The van der Waals surface area contributed by atoms with Crippen molar-refractivity contribution in [3.63, 3.8) is 0 Å². The average Bonchev–Trinajstić information content (AvgIpc) is 2.85. The van der Waals surface area contributed by atoms with Crippen LogP contribution in [0.5, 0.6) is 5.75 Å². The number of nitrogens with zero attached hydrogens (tertiary/aromatic N) is 3. The van der Waals surface area contributed by atoms with Gasteiger partial charge < -0.3 is 9.64 Å². The Morgan fingerprint density at radius 3 is 2.58 bits per heavy atom. The van der Waals surface area contributed by atoms with E-state index in [1.807, 2.05) is 42.1 Å². The van der Waals surface area contributed by atoms with E-state index < -0.39 is 0 Å². The van der Waals surface area contributed by atoms with Gasteiger partial charge in [-0.15, -0.1) is 0 Å². The summed E-state index contributed by atoms with van der Waals surface area (Å²) in [7, 11) is 5.30. The van der Waals surface area contributed by atoms with Crippen molar-refractivity contribution in [2.75, 3.05) is 14.2 Å². The van der Waals surface area contributed by atoms with Crippen LogP contribution in [0.15, 0.2) is 43.0 Å². The fourth-order valence-electron chi connectivity index (χ4n) is 1.83. The molecular weight excluding hydrogens is 242 g/mol. The maximum atomic E-state index is 12.1. The Hall–Kier alpha value is -2.30. The lowest BCUT2D eigenvalue weighted by atomic mass is 10.2. The number of rotatable bonds is 3. The predicted molar refractivity (Wildman–Crippen MR) is 70.9 cm³/mol. The molecule has 100 valence electrons. The van der Waals surface area contributed by atoms with E-state index in [1.54, 1.807) is 36.1 Å². The second kappa shape index (κ2) is 5.56. The Labute approximate surface area is 112 Å². The Bertz CT molecular complexity index is 560. The monoisotopic (exact) mass is 260 g/mol. The van der Waals surface area contributed by atoms with Crippen LogP contribution in [0.4, 0.5) is 4.79 Å². The molecule has 0 radical (unpaired) electrons. The van der Waals surface area contributed by atoms with Gasteiger partial charge in [0.1, 0.15) is 18.1 Å². The number of methoxy groups -OCH3 is 1. The van der Waals surface area contributed by atoms with Gasteiger partial charge in [-0.2, -0.15) is 4.57 Å². The van der Waals surface area contributed by atoms with Crippen molar-refractivity contribution < 1.29 is 14.1 Å². The molecule has 1 aromatic carbocycles. The van der Waals surface area contributed by atoms with Crippen molar-refractivity contribution >= 4 is 6.03 Å². The fourth-order valence-corrected chi connectivity index (χ4v) is 1.83. The van der Waals surface area contributed by atoms with E-state index in [0.717, 1.165) is 11.3 Å². The highest BCUT2D eigenvalue weighted by Crippen LogP contribution is 2.12. The van der Waals surface area contributed by atoms with E-state index in [4.69, 9.17) is 4.74 Å². The summed E-state index contributed by atoms with van der Waals surface area (Å²) in [5.74, 6) is 0.815. The SMILES string of the molecule is COc1ccc(CN(C)C(=O)n2cc[n+](C)c2)cc1. The first-order valence-corrected chi connectivity index (χ1v) is 6.02. The molecule has 0 saturated carbocycles. The van der Waals surface area contributed by atoms with Crippen LogP contribution in [0.25, 0.3) is 0 Å². The van der Waals surface area contributed by atoms with Crippen molar-refractivity contribution in [2.45, 2.75) is 6.54 Å². The molecule has 1 heterocycles. The van der Waals surface area contributed by atoms with E-state index in [2.05, 4.69) is 0 Å². The molecule has 0 aliphatic heterocycles. The molecule has 0 unspecified atom stereocenters. The molecule has 1 amide bonds. The molecule has 0 saturated heterocycles. The average molecular weight is 260 g/mol. The number of amides is 1. The normalized spacial score (nSPS) is 10.3. The quantitative estimate of drug-likeness (QED) is 0.783. The van der Waals surface area contributed by atoms with Gasteiger partial charge in [-0.1, -0.05) is 12.1 Å². The van der Waals surface area contributed by atoms with Crippen molar-refractivity contribution in [3.8, 4) is 5.75 Å². The molecule has 5 heteroatoms. The highest BCUT2D eigenvalue weighted by molar-refractivity contribution is 5.76. The summed E-state index contributed by atoms with van der Waals surface area (Å²) >= 11 is 0. The third-order valence-electron chi connectivity index (χ3n) is 2.90. The van der Waals surface area contributed by atoms with Gasteiger partial charge in [0, 0.05) is 13.6 Å². The van der Waals surface area contributed by atoms with Crippen molar-refractivity contribution in [1.82, 2.24) is 9.47 Å². The standard InChI is InChI=1S/C14H18N3O2/c1-15-8-9-17(11-15)14(18)16(2)10-12-4-6-13(19-3)7-5-12/h4-9,11H,10H2,1-3H3/q+1. The van der Waals surface area contributed by atoms with Crippen LogP contribution < -0.4 is 9.30 Å². The Balaban J connectivity index is 2.03. The topological polar surface area (TPSA) is 38.4 Å². The lowest BCUT2D eigenvalue weighted by Gasteiger charge is -2.14. The number of ether oxygens (including phenoxy) is 1. The summed E-state index contributed by atoms with van der Waals surface area (Å²) < 4.78 is 8.50. The maximum Gasteiger partial charge on any atom is 0.415 e. The van der Waals surface area contributed by atoms with Crippen molar-refractivity contribution in [3.05, 3.63) is 48.5 Å². The van der Waals surface area contributed by atoms with Gasteiger partial charge in [0.2, 0.25) is 0 Å². The summed E-state index contributed by atoms with van der Waals surface area (Å²) in [5.41, 5.74) is 1.06. The molecule has 0 N–H and O–H groups in total. The predicted octanol–water partition coefficient (Wildman–Crippen LogP) is 1.42. The minimum Gasteiger partial charge on any atom is -0.497 e. The van der Waals surface area contributed by atoms with E-state index in [-0.39, 0.29) is 6.03 Å². The number of carbonyl (C=O) groups is 1. The van der Waals surface area contributed by atoms with Crippen LogP contribution >= 0.6 is 0 Å². The summed E-state index contributed by atoms with van der Waals surface area (Å²) in [6, 6.07) is 7.64. The number of aromatic nitrogens is 2. The molecule has 1 aromatic heterocycles. The second-order valence-corrected chi connectivity index (χ2v) is 4.47. The van der Waals surface area contributed by atoms with E-state index in [0.29, 0.717) is 6.54 Å². The zero-order valence-corrected chi connectivity index (χ0v) is 11.4. The van der Waals surface area contributed by atoms with Crippen LogP contribution in [0, 0.1) is 0 Å². The summed E-state index contributed by atoms with van der Waals surface area (Å²) in [6.45, 7) is 0.560. The summed E-state index contributed by atoms with van der Waals surface area (Å²) in [6.07, 6.45) is 5.32. The molecule has 0 aliphatic carbocycles. The van der Waals surface area contributed by atoms with Crippen LogP contribution in [-0.4, -0.2) is 29.7 Å². The van der Waals surface area contributed by atoms with Gasteiger partial charge in [-0.25, -0.2) is 9.36 Å². The first kappa shape index (κ1) is 13.1. The van der Waals surface area contributed by atoms with Gasteiger partial charge >= 0.3 is 6.03 Å². The number of benzene rings is 1. The van der Waals surface area contributed by atoms with Gasteiger partial charge in [0.15, 0.2) is 0 Å². The summed E-state index contributed by atoms with van der Waals surface area (Å²) in [4.78, 5) is 13.8. The Kier molecular flexibility index (Phi) is 3.85.